The average Bonchev–Trinajstić information content (AvgIpc) is 2.18. The predicted octanol–water partition coefficient (Wildman–Crippen LogP) is 1.02. The minimum Gasteiger partial charge on any atom is -0.396 e. The molecule has 0 amide bonds. The number of ether oxygens (including phenoxy) is 1. The van der Waals surface area contributed by atoms with Crippen LogP contribution in [-0.2, 0) is 4.74 Å². The average molecular weight is 201 g/mol. The van der Waals surface area contributed by atoms with E-state index in [0.717, 1.165) is 39.1 Å². The summed E-state index contributed by atoms with van der Waals surface area (Å²) in [5.41, 5.74) is 0.396. The van der Waals surface area contributed by atoms with Crippen molar-refractivity contribution in [2.24, 2.45) is 11.3 Å². The third kappa shape index (κ3) is 3.95. The number of nitrogens with one attached hydrogen (secondary N) is 1. The molecule has 0 radical (unpaired) electrons. The standard InChI is InChI=1S/C11H23NO2/c1-10(8-13)7-12-9-11(2)3-5-14-6-4-11/h10,12-13H,3-9H2,1-2H3. The van der Waals surface area contributed by atoms with Crippen LogP contribution in [0.4, 0.5) is 0 Å². The molecule has 0 aromatic rings. The van der Waals surface area contributed by atoms with Gasteiger partial charge in [-0.3, -0.25) is 0 Å². The van der Waals surface area contributed by atoms with E-state index in [-0.39, 0.29) is 6.61 Å². The summed E-state index contributed by atoms with van der Waals surface area (Å²) in [5.74, 6) is 0.360. The molecule has 84 valence electrons. The summed E-state index contributed by atoms with van der Waals surface area (Å²) < 4.78 is 5.35. The lowest BCUT2D eigenvalue weighted by Gasteiger charge is -2.34. The molecule has 1 aliphatic rings. The highest BCUT2D eigenvalue weighted by molar-refractivity contribution is 4.79. The third-order valence-corrected chi connectivity index (χ3v) is 3.06. The normalized spacial score (nSPS) is 23.4. The molecule has 2 N–H and O–H groups in total. The van der Waals surface area contributed by atoms with Gasteiger partial charge in [-0.15, -0.1) is 0 Å². The Kier molecular flexibility index (Phi) is 4.85. The van der Waals surface area contributed by atoms with Crippen LogP contribution >= 0.6 is 0 Å². The monoisotopic (exact) mass is 201 g/mol. The fourth-order valence-corrected chi connectivity index (χ4v) is 1.73. The summed E-state index contributed by atoms with van der Waals surface area (Å²) in [6.07, 6.45) is 2.29. The maximum Gasteiger partial charge on any atom is 0.0471 e. The van der Waals surface area contributed by atoms with Gasteiger partial charge in [0.1, 0.15) is 0 Å². The number of aliphatic hydroxyl groups is 1. The first-order chi connectivity index (χ1) is 6.66. The van der Waals surface area contributed by atoms with E-state index in [2.05, 4.69) is 19.2 Å². The van der Waals surface area contributed by atoms with Gasteiger partial charge in [-0.2, -0.15) is 0 Å². The van der Waals surface area contributed by atoms with Crippen molar-refractivity contribution in [1.29, 1.82) is 0 Å². The third-order valence-electron chi connectivity index (χ3n) is 3.06. The van der Waals surface area contributed by atoms with E-state index >= 15 is 0 Å². The zero-order valence-electron chi connectivity index (χ0n) is 9.38. The Balaban J connectivity index is 2.15. The SMILES string of the molecule is CC(CO)CNCC1(C)CCOCC1. The first-order valence-electron chi connectivity index (χ1n) is 5.56. The summed E-state index contributed by atoms with van der Waals surface area (Å²) in [4.78, 5) is 0. The summed E-state index contributed by atoms with van der Waals surface area (Å²) in [6.45, 7) is 8.38. The minimum atomic E-state index is 0.271. The first kappa shape index (κ1) is 12.0. The molecule has 3 heteroatoms. The first-order valence-corrected chi connectivity index (χ1v) is 5.56. The molecule has 3 nitrogen and oxygen atoms in total. The Hall–Kier alpha value is -0.120. The molecule has 1 rings (SSSR count). The molecule has 14 heavy (non-hydrogen) atoms. The van der Waals surface area contributed by atoms with Gasteiger partial charge >= 0.3 is 0 Å². The van der Waals surface area contributed by atoms with E-state index in [1.807, 2.05) is 0 Å². The van der Waals surface area contributed by atoms with Crippen molar-refractivity contribution in [1.82, 2.24) is 5.32 Å². The van der Waals surface area contributed by atoms with Gasteiger partial charge in [0.25, 0.3) is 0 Å². The van der Waals surface area contributed by atoms with Crippen molar-refractivity contribution < 1.29 is 9.84 Å². The fourth-order valence-electron chi connectivity index (χ4n) is 1.73. The van der Waals surface area contributed by atoms with Gasteiger partial charge in [0.2, 0.25) is 0 Å². The summed E-state index contributed by atoms with van der Waals surface area (Å²) in [5, 5.41) is 12.3. The highest BCUT2D eigenvalue weighted by Gasteiger charge is 2.26. The molecule has 1 heterocycles. The minimum absolute atomic E-state index is 0.271. The van der Waals surface area contributed by atoms with Crippen LogP contribution in [0.15, 0.2) is 0 Å². The lowest BCUT2D eigenvalue weighted by atomic mass is 9.82. The Morgan fingerprint density at radius 1 is 1.43 bits per heavy atom. The van der Waals surface area contributed by atoms with Crippen LogP contribution < -0.4 is 5.32 Å². The van der Waals surface area contributed by atoms with Gasteiger partial charge in [-0.05, 0) is 30.7 Å². The van der Waals surface area contributed by atoms with E-state index in [1.54, 1.807) is 0 Å². The Morgan fingerprint density at radius 3 is 2.64 bits per heavy atom. The second-order valence-electron chi connectivity index (χ2n) is 4.84. The Bertz CT molecular complexity index is 155. The quantitative estimate of drug-likeness (QED) is 0.698. The van der Waals surface area contributed by atoms with Crippen LogP contribution in [0.1, 0.15) is 26.7 Å². The van der Waals surface area contributed by atoms with Gasteiger partial charge in [-0.25, -0.2) is 0 Å². The highest BCUT2D eigenvalue weighted by Crippen LogP contribution is 2.28. The van der Waals surface area contributed by atoms with Gasteiger partial charge in [0.15, 0.2) is 0 Å². The largest absolute Gasteiger partial charge is 0.396 e. The van der Waals surface area contributed by atoms with Crippen LogP contribution in [0.3, 0.4) is 0 Å². The smallest absolute Gasteiger partial charge is 0.0471 e. The lowest BCUT2D eigenvalue weighted by molar-refractivity contribution is 0.0236. The van der Waals surface area contributed by atoms with Gasteiger partial charge in [-0.1, -0.05) is 13.8 Å². The van der Waals surface area contributed by atoms with Crippen LogP contribution in [0.5, 0.6) is 0 Å². The highest BCUT2D eigenvalue weighted by atomic mass is 16.5. The maximum absolute atomic E-state index is 8.88. The van der Waals surface area contributed by atoms with Crippen molar-refractivity contribution in [3.8, 4) is 0 Å². The molecule has 0 aromatic heterocycles. The topological polar surface area (TPSA) is 41.5 Å². The molecular weight excluding hydrogens is 178 g/mol. The van der Waals surface area contributed by atoms with E-state index in [9.17, 15) is 0 Å². The van der Waals surface area contributed by atoms with Crippen molar-refractivity contribution >= 4 is 0 Å². The van der Waals surface area contributed by atoms with Crippen molar-refractivity contribution in [2.45, 2.75) is 26.7 Å². The summed E-state index contributed by atoms with van der Waals surface area (Å²) >= 11 is 0. The van der Waals surface area contributed by atoms with Crippen LogP contribution in [0.25, 0.3) is 0 Å². The molecule has 0 saturated carbocycles. The summed E-state index contributed by atoms with van der Waals surface area (Å²) in [6, 6.07) is 0. The summed E-state index contributed by atoms with van der Waals surface area (Å²) in [7, 11) is 0. The molecule has 0 spiro atoms. The number of hydrogen-bond acceptors (Lipinski definition) is 3. The van der Waals surface area contributed by atoms with E-state index in [1.165, 1.54) is 0 Å². The van der Waals surface area contributed by atoms with Crippen molar-refractivity contribution in [3.63, 3.8) is 0 Å². The van der Waals surface area contributed by atoms with Crippen LogP contribution in [0, 0.1) is 11.3 Å². The van der Waals surface area contributed by atoms with Crippen LogP contribution in [0.2, 0.25) is 0 Å². The predicted molar refractivity (Wildman–Crippen MR) is 57.3 cm³/mol. The van der Waals surface area contributed by atoms with E-state index in [0.29, 0.717) is 11.3 Å². The fraction of sp³-hybridized carbons (Fsp3) is 1.00. The molecule has 0 aromatic carbocycles. The van der Waals surface area contributed by atoms with Crippen molar-refractivity contribution in [2.75, 3.05) is 32.9 Å². The second-order valence-corrected chi connectivity index (χ2v) is 4.84. The second kappa shape index (κ2) is 5.69. The molecule has 1 unspecified atom stereocenters. The van der Waals surface area contributed by atoms with Crippen molar-refractivity contribution in [3.05, 3.63) is 0 Å². The molecule has 1 fully saturated rings. The number of rotatable bonds is 5. The number of aliphatic hydroxyl groups excluding tert-OH is 1. The molecule has 1 saturated heterocycles. The zero-order chi connectivity index (χ0) is 10.4. The van der Waals surface area contributed by atoms with Gasteiger partial charge in [0, 0.05) is 26.4 Å². The maximum atomic E-state index is 8.88. The molecule has 0 aliphatic carbocycles. The molecule has 1 atom stereocenters. The Morgan fingerprint density at radius 2 is 2.07 bits per heavy atom. The number of hydrogen-bond donors (Lipinski definition) is 2. The molecular formula is C11H23NO2. The molecule has 1 aliphatic heterocycles. The lowest BCUT2D eigenvalue weighted by Crippen LogP contribution is -2.38. The Labute approximate surface area is 86.8 Å². The van der Waals surface area contributed by atoms with Gasteiger partial charge < -0.3 is 15.2 Å². The zero-order valence-corrected chi connectivity index (χ0v) is 9.38. The molecule has 0 bridgehead atoms. The van der Waals surface area contributed by atoms with E-state index in [4.69, 9.17) is 9.84 Å². The van der Waals surface area contributed by atoms with E-state index < -0.39 is 0 Å². The van der Waals surface area contributed by atoms with Crippen LogP contribution in [-0.4, -0.2) is 38.0 Å². The van der Waals surface area contributed by atoms with Gasteiger partial charge in [0.05, 0.1) is 0 Å².